The normalized spacial score (nSPS) is 21.9. The van der Waals surface area contributed by atoms with Crippen molar-refractivity contribution >= 4 is 27.3 Å². The minimum atomic E-state index is -3.47. The maximum atomic E-state index is 12.8. The van der Waals surface area contributed by atoms with Gasteiger partial charge in [-0.2, -0.15) is 4.31 Å². The quantitative estimate of drug-likeness (QED) is 0.833. The second-order valence-corrected chi connectivity index (χ2v) is 11.0. The molecular weight excluding hydrogens is 368 g/mol. The lowest BCUT2D eigenvalue weighted by Gasteiger charge is -2.28. The van der Waals surface area contributed by atoms with Gasteiger partial charge in [0.2, 0.25) is 0 Å². The average molecular weight is 399 g/mol. The van der Waals surface area contributed by atoms with Crippen LogP contribution in [0, 0.1) is 5.92 Å². The van der Waals surface area contributed by atoms with Crippen LogP contribution in [0.5, 0.6) is 0 Å². The summed E-state index contributed by atoms with van der Waals surface area (Å²) in [4.78, 5) is 13.1. The number of amides is 1. The first kappa shape index (κ1) is 19.8. The van der Waals surface area contributed by atoms with Crippen LogP contribution in [0.4, 0.5) is 0 Å². The Morgan fingerprint density at radius 3 is 2.31 bits per heavy atom. The van der Waals surface area contributed by atoms with Crippen molar-refractivity contribution in [3.63, 3.8) is 0 Å². The molecule has 1 aliphatic heterocycles. The maximum absolute atomic E-state index is 12.8. The highest BCUT2D eigenvalue weighted by atomic mass is 32.2. The molecule has 1 aliphatic carbocycles. The van der Waals surface area contributed by atoms with Crippen LogP contribution in [-0.4, -0.2) is 37.8 Å². The Kier molecular flexibility index (Phi) is 6.75. The van der Waals surface area contributed by atoms with E-state index < -0.39 is 10.0 Å². The predicted molar refractivity (Wildman–Crippen MR) is 105 cm³/mol. The van der Waals surface area contributed by atoms with E-state index in [1.807, 2.05) is 0 Å². The number of carbonyl (C=O) groups is 1. The fourth-order valence-corrected chi connectivity index (χ4v) is 6.62. The Morgan fingerprint density at radius 2 is 1.65 bits per heavy atom. The topological polar surface area (TPSA) is 66.5 Å². The molecule has 1 aromatic heterocycles. The minimum Gasteiger partial charge on any atom is -0.349 e. The van der Waals surface area contributed by atoms with E-state index in [2.05, 4.69) is 12.2 Å². The zero-order valence-corrected chi connectivity index (χ0v) is 17.2. The molecular formula is C19H30N2O3S2. The number of hydrogen-bond acceptors (Lipinski definition) is 4. The summed E-state index contributed by atoms with van der Waals surface area (Å²) in [6.07, 6.45) is 9.93. The molecule has 0 bridgehead atoms. The highest BCUT2D eigenvalue weighted by Crippen LogP contribution is 2.28. The van der Waals surface area contributed by atoms with Crippen molar-refractivity contribution in [2.45, 2.75) is 75.0 Å². The summed E-state index contributed by atoms with van der Waals surface area (Å²) in [6.45, 7) is 3.31. The van der Waals surface area contributed by atoms with Gasteiger partial charge < -0.3 is 5.32 Å². The number of piperidine rings is 1. The summed E-state index contributed by atoms with van der Waals surface area (Å²) in [5.74, 6) is 0.448. The van der Waals surface area contributed by atoms with Crippen molar-refractivity contribution in [2.24, 2.45) is 5.92 Å². The first-order valence-corrected chi connectivity index (χ1v) is 12.1. The highest BCUT2D eigenvalue weighted by Gasteiger charge is 2.30. The predicted octanol–water partition coefficient (Wildman–Crippen LogP) is 4.01. The Labute approximate surface area is 161 Å². The van der Waals surface area contributed by atoms with Gasteiger partial charge >= 0.3 is 0 Å². The maximum Gasteiger partial charge on any atom is 0.261 e. The van der Waals surface area contributed by atoms with Crippen molar-refractivity contribution in [3.8, 4) is 0 Å². The second kappa shape index (κ2) is 8.85. The summed E-state index contributed by atoms with van der Waals surface area (Å²) in [5, 5.41) is 3.12. The van der Waals surface area contributed by atoms with E-state index >= 15 is 0 Å². The van der Waals surface area contributed by atoms with Gasteiger partial charge in [-0.1, -0.05) is 39.0 Å². The Hall–Kier alpha value is -0.920. The Bertz CT molecular complexity index is 698. The average Bonchev–Trinajstić information content (AvgIpc) is 3.08. The lowest BCUT2D eigenvalue weighted by atomic mass is 9.97. The first-order valence-electron chi connectivity index (χ1n) is 9.87. The van der Waals surface area contributed by atoms with Crippen molar-refractivity contribution in [1.82, 2.24) is 9.62 Å². The van der Waals surface area contributed by atoms with Gasteiger partial charge in [-0.25, -0.2) is 8.42 Å². The molecule has 2 aliphatic rings. The SMILES string of the molecule is CC1CCN(S(=O)(=O)c2ccc(C(=O)NC3CCCCCCC3)s2)CC1. The molecule has 1 amide bonds. The summed E-state index contributed by atoms with van der Waals surface area (Å²) < 4.78 is 27.5. The molecule has 2 heterocycles. The van der Waals surface area contributed by atoms with E-state index in [1.165, 1.54) is 19.3 Å². The lowest BCUT2D eigenvalue weighted by molar-refractivity contribution is 0.0934. The fourth-order valence-electron chi connectivity index (χ4n) is 3.79. The third kappa shape index (κ3) is 4.87. The van der Waals surface area contributed by atoms with Gasteiger partial charge in [0.05, 0.1) is 4.88 Å². The molecule has 146 valence electrons. The van der Waals surface area contributed by atoms with Gasteiger partial charge in [0.25, 0.3) is 15.9 Å². The van der Waals surface area contributed by atoms with Gasteiger partial charge in [-0.15, -0.1) is 11.3 Å². The standard InChI is InChI=1S/C19H30N2O3S2/c1-15-11-13-21(14-12-15)26(23,24)18-10-9-17(25-18)19(22)20-16-7-5-3-2-4-6-8-16/h9-10,15-16H,2-8,11-14H2,1H3,(H,20,22). The minimum absolute atomic E-state index is 0.130. The summed E-state index contributed by atoms with van der Waals surface area (Å²) in [5.41, 5.74) is 0. The molecule has 3 rings (SSSR count). The van der Waals surface area contributed by atoms with Gasteiger partial charge in [0.15, 0.2) is 0 Å². The number of hydrogen-bond donors (Lipinski definition) is 1. The third-order valence-electron chi connectivity index (χ3n) is 5.58. The molecule has 0 aromatic carbocycles. The summed E-state index contributed by atoms with van der Waals surface area (Å²) in [7, 11) is -3.47. The monoisotopic (exact) mass is 398 g/mol. The molecule has 2 fully saturated rings. The molecule has 7 heteroatoms. The molecule has 0 spiro atoms. The van der Waals surface area contributed by atoms with E-state index in [0.717, 1.165) is 49.9 Å². The highest BCUT2D eigenvalue weighted by molar-refractivity contribution is 7.91. The molecule has 1 N–H and O–H groups in total. The summed E-state index contributed by atoms with van der Waals surface area (Å²) >= 11 is 1.10. The van der Waals surface area contributed by atoms with E-state index in [0.29, 0.717) is 23.9 Å². The number of carbonyl (C=O) groups excluding carboxylic acids is 1. The van der Waals surface area contributed by atoms with E-state index in [4.69, 9.17) is 0 Å². The van der Waals surface area contributed by atoms with Crippen LogP contribution in [-0.2, 0) is 10.0 Å². The molecule has 26 heavy (non-hydrogen) atoms. The zero-order valence-electron chi connectivity index (χ0n) is 15.6. The van der Waals surface area contributed by atoms with Crippen LogP contribution < -0.4 is 5.32 Å². The van der Waals surface area contributed by atoms with E-state index in [-0.39, 0.29) is 16.2 Å². The smallest absolute Gasteiger partial charge is 0.261 e. The second-order valence-electron chi connectivity index (χ2n) is 7.72. The summed E-state index contributed by atoms with van der Waals surface area (Å²) in [6, 6.07) is 3.46. The number of nitrogens with zero attached hydrogens (tertiary/aromatic N) is 1. The molecule has 1 saturated heterocycles. The van der Waals surface area contributed by atoms with Gasteiger partial charge in [0.1, 0.15) is 4.21 Å². The number of nitrogens with one attached hydrogen (secondary N) is 1. The third-order valence-corrected chi connectivity index (χ3v) is 9.03. The Balaban J connectivity index is 1.63. The lowest BCUT2D eigenvalue weighted by Crippen LogP contribution is -2.37. The number of thiophene rings is 1. The van der Waals surface area contributed by atoms with Crippen molar-refractivity contribution in [3.05, 3.63) is 17.0 Å². The molecule has 1 aromatic rings. The molecule has 1 saturated carbocycles. The fraction of sp³-hybridized carbons (Fsp3) is 0.737. The van der Waals surface area contributed by atoms with Crippen LogP contribution in [0.15, 0.2) is 16.3 Å². The van der Waals surface area contributed by atoms with Gasteiger partial charge in [-0.3, -0.25) is 4.79 Å². The van der Waals surface area contributed by atoms with Crippen LogP contribution in [0.2, 0.25) is 0 Å². The molecule has 0 unspecified atom stereocenters. The van der Waals surface area contributed by atoms with Crippen LogP contribution >= 0.6 is 11.3 Å². The van der Waals surface area contributed by atoms with Crippen molar-refractivity contribution < 1.29 is 13.2 Å². The van der Waals surface area contributed by atoms with E-state index in [9.17, 15) is 13.2 Å². The first-order chi connectivity index (χ1) is 12.5. The van der Waals surface area contributed by atoms with Gasteiger partial charge in [-0.05, 0) is 43.7 Å². The van der Waals surface area contributed by atoms with Gasteiger partial charge in [0, 0.05) is 19.1 Å². The van der Waals surface area contributed by atoms with Crippen LogP contribution in [0.1, 0.15) is 74.4 Å². The molecule has 5 nitrogen and oxygen atoms in total. The number of rotatable bonds is 4. The molecule has 0 atom stereocenters. The Morgan fingerprint density at radius 1 is 1.04 bits per heavy atom. The van der Waals surface area contributed by atoms with Crippen LogP contribution in [0.25, 0.3) is 0 Å². The van der Waals surface area contributed by atoms with Crippen molar-refractivity contribution in [1.29, 1.82) is 0 Å². The number of sulfonamides is 1. The zero-order chi connectivity index (χ0) is 18.6. The van der Waals surface area contributed by atoms with Crippen LogP contribution in [0.3, 0.4) is 0 Å². The van der Waals surface area contributed by atoms with E-state index in [1.54, 1.807) is 16.4 Å². The largest absolute Gasteiger partial charge is 0.349 e. The van der Waals surface area contributed by atoms with Crippen molar-refractivity contribution in [2.75, 3.05) is 13.1 Å². The molecule has 0 radical (unpaired) electrons.